The lowest BCUT2D eigenvalue weighted by molar-refractivity contribution is -0.385. The second-order valence-corrected chi connectivity index (χ2v) is 5.88. The van der Waals surface area contributed by atoms with Crippen LogP contribution in [0.4, 0.5) is 5.69 Å². The summed E-state index contributed by atoms with van der Waals surface area (Å²) in [6.45, 7) is 1.86. The number of carbonyl (C=O) groups is 1. The van der Waals surface area contributed by atoms with E-state index in [0.717, 1.165) is 25.7 Å². The van der Waals surface area contributed by atoms with Crippen molar-refractivity contribution in [2.45, 2.75) is 45.1 Å². The molecule has 22 heavy (non-hydrogen) atoms. The SMILES string of the molecule is Cc1nn(C)c(C(=O)NC(CN)C2CCCCC2)c1[N+](=O)[O-]. The minimum Gasteiger partial charge on any atom is -0.346 e. The van der Waals surface area contributed by atoms with Gasteiger partial charge in [0, 0.05) is 19.6 Å². The standard InChI is InChI=1S/C14H23N5O3/c1-9-12(19(21)22)13(18(2)17-9)14(20)16-11(8-15)10-6-4-3-5-7-10/h10-11H,3-8,15H2,1-2H3,(H,16,20). The van der Waals surface area contributed by atoms with Gasteiger partial charge in [0.2, 0.25) is 5.69 Å². The molecule has 1 aliphatic rings. The Kier molecular flexibility index (Phi) is 5.12. The first-order chi connectivity index (χ1) is 10.5. The molecule has 1 unspecified atom stereocenters. The Hall–Kier alpha value is -1.96. The third-order valence-corrected chi connectivity index (χ3v) is 4.38. The van der Waals surface area contributed by atoms with Crippen LogP contribution in [0.15, 0.2) is 0 Å². The van der Waals surface area contributed by atoms with Crippen LogP contribution < -0.4 is 11.1 Å². The summed E-state index contributed by atoms with van der Waals surface area (Å²) in [4.78, 5) is 23.1. The van der Waals surface area contributed by atoms with Crippen molar-refractivity contribution in [3.63, 3.8) is 0 Å². The van der Waals surface area contributed by atoms with Crippen molar-refractivity contribution in [3.05, 3.63) is 21.5 Å². The number of nitro groups is 1. The number of nitrogens with one attached hydrogen (secondary N) is 1. The molecule has 0 aromatic carbocycles. The second-order valence-electron chi connectivity index (χ2n) is 5.88. The first kappa shape index (κ1) is 16.4. The van der Waals surface area contributed by atoms with Crippen molar-refractivity contribution >= 4 is 11.6 Å². The number of carbonyl (C=O) groups excluding carboxylic acids is 1. The summed E-state index contributed by atoms with van der Waals surface area (Å²) in [5, 5.41) is 18.0. The number of aryl methyl sites for hydroxylation is 2. The number of nitrogens with zero attached hydrogens (tertiary/aromatic N) is 3. The van der Waals surface area contributed by atoms with E-state index in [-0.39, 0.29) is 23.1 Å². The van der Waals surface area contributed by atoms with Crippen LogP contribution in [0.5, 0.6) is 0 Å². The quantitative estimate of drug-likeness (QED) is 0.627. The molecule has 1 aliphatic carbocycles. The molecule has 3 N–H and O–H groups in total. The Balaban J connectivity index is 2.19. The number of hydrogen-bond acceptors (Lipinski definition) is 5. The van der Waals surface area contributed by atoms with Gasteiger partial charge in [-0.2, -0.15) is 5.10 Å². The van der Waals surface area contributed by atoms with Crippen molar-refractivity contribution in [3.8, 4) is 0 Å². The molecule has 0 radical (unpaired) electrons. The third-order valence-electron chi connectivity index (χ3n) is 4.38. The topological polar surface area (TPSA) is 116 Å². The van der Waals surface area contributed by atoms with Gasteiger partial charge in [-0.15, -0.1) is 0 Å². The van der Waals surface area contributed by atoms with Gasteiger partial charge in [0.1, 0.15) is 5.69 Å². The number of nitrogens with two attached hydrogens (primary N) is 1. The first-order valence-electron chi connectivity index (χ1n) is 7.64. The monoisotopic (exact) mass is 309 g/mol. The van der Waals surface area contributed by atoms with Crippen LogP contribution in [0.2, 0.25) is 0 Å². The summed E-state index contributed by atoms with van der Waals surface area (Å²) in [6, 6.07) is -0.150. The summed E-state index contributed by atoms with van der Waals surface area (Å²) in [5.41, 5.74) is 5.78. The molecule has 1 saturated carbocycles. The zero-order valence-corrected chi connectivity index (χ0v) is 13.0. The van der Waals surface area contributed by atoms with E-state index >= 15 is 0 Å². The third kappa shape index (κ3) is 3.27. The molecule has 8 nitrogen and oxygen atoms in total. The zero-order valence-electron chi connectivity index (χ0n) is 13.0. The maximum Gasteiger partial charge on any atom is 0.322 e. The molecular weight excluding hydrogens is 286 g/mol. The molecule has 1 amide bonds. The van der Waals surface area contributed by atoms with E-state index in [1.807, 2.05) is 0 Å². The normalized spacial score (nSPS) is 17.2. The minimum absolute atomic E-state index is 0.0169. The first-order valence-corrected chi connectivity index (χ1v) is 7.64. The maximum absolute atomic E-state index is 12.5. The molecule has 0 saturated heterocycles. The van der Waals surface area contributed by atoms with Gasteiger partial charge >= 0.3 is 5.69 Å². The Morgan fingerprint density at radius 3 is 2.68 bits per heavy atom. The highest BCUT2D eigenvalue weighted by Crippen LogP contribution is 2.27. The molecule has 0 bridgehead atoms. The van der Waals surface area contributed by atoms with Crippen LogP contribution in [0, 0.1) is 23.0 Å². The maximum atomic E-state index is 12.5. The fourth-order valence-electron chi connectivity index (χ4n) is 3.26. The van der Waals surface area contributed by atoms with Gasteiger partial charge in [0.25, 0.3) is 5.91 Å². The fourth-order valence-corrected chi connectivity index (χ4v) is 3.26. The Morgan fingerprint density at radius 1 is 1.50 bits per heavy atom. The minimum atomic E-state index is -0.560. The van der Waals surface area contributed by atoms with Crippen LogP contribution >= 0.6 is 0 Å². The van der Waals surface area contributed by atoms with E-state index in [1.165, 1.54) is 25.1 Å². The molecule has 2 rings (SSSR count). The molecule has 8 heteroatoms. The second kappa shape index (κ2) is 6.87. The van der Waals surface area contributed by atoms with Gasteiger partial charge in [-0.25, -0.2) is 0 Å². The van der Waals surface area contributed by atoms with Crippen LogP contribution in [0.3, 0.4) is 0 Å². The van der Waals surface area contributed by atoms with E-state index in [4.69, 9.17) is 5.73 Å². The average molecular weight is 309 g/mol. The van der Waals surface area contributed by atoms with Gasteiger partial charge in [0.15, 0.2) is 0 Å². The van der Waals surface area contributed by atoms with Gasteiger partial charge in [-0.05, 0) is 25.7 Å². The van der Waals surface area contributed by atoms with Crippen molar-refractivity contribution < 1.29 is 9.72 Å². The Labute approximate surface area is 129 Å². The van der Waals surface area contributed by atoms with E-state index in [2.05, 4.69) is 10.4 Å². The van der Waals surface area contributed by atoms with E-state index in [0.29, 0.717) is 12.5 Å². The molecule has 1 atom stereocenters. The molecular formula is C14H23N5O3. The molecule has 1 aromatic heterocycles. The van der Waals surface area contributed by atoms with Gasteiger partial charge in [-0.3, -0.25) is 19.6 Å². The van der Waals surface area contributed by atoms with E-state index in [1.54, 1.807) is 0 Å². The molecule has 0 spiro atoms. The summed E-state index contributed by atoms with van der Waals surface area (Å²) < 4.78 is 1.26. The molecule has 1 heterocycles. The Bertz CT molecular complexity index is 563. The molecule has 0 aliphatic heterocycles. The highest BCUT2D eigenvalue weighted by atomic mass is 16.6. The lowest BCUT2D eigenvalue weighted by Crippen LogP contribution is -2.46. The molecule has 122 valence electrons. The zero-order chi connectivity index (χ0) is 16.3. The van der Waals surface area contributed by atoms with Crippen molar-refractivity contribution in [1.29, 1.82) is 0 Å². The Morgan fingerprint density at radius 2 is 2.14 bits per heavy atom. The summed E-state index contributed by atoms with van der Waals surface area (Å²) in [7, 11) is 1.53. The highest BCUT2D eigenvalue weighted by Gasteiger charge is 2.32. The van der Waals surface area contributed by atoms with E-state index in [9.17, 15) is 14.9 Å². The predicted octanol–water partition coefficient (Wildman–Crippen LogP) is 1.27. The van der Waals surface area contributed by atoms with Gasteiger partial charge < -0.3 is 11.1 Å². The fraction of sp³-hybridized carbons (Fsp3) is 0.714. The van der Waals surface area contributed by atoms with Gasteiger partial charge in [0.05, 0.1) is 4.92 Å². The van der Waals surface area contributed by atoms with Crippen molar-refractivity contribution in [2.24, 2.45) is 18.7 Å². The number of hydrogen-bond donors (Lipinski definition) is 2. The van der Waals surface area contributed by atoms with E-state index < -0.39 is 10.8 Å². The van der Waals surface area contributed by atoms with Crippen LogP contribution in [-0.4, -0.2) is 33.2 Å². The largest absolute Gasteiger partial charge is 0.346 e. The summed E-state index contributed by atoms with van der Waals surface area (Å²) >= 11 is 0. The summed E-state index contributed by atoms with van der Waals surface area (Å²) in [5.74, 6) is -0.132. The average Bonchev–Trinajstić information content (AvgIpc) is 2.80. The number of rotatable bonds is 5. The van der Waals surface area contributed by atoms with Crippen LogP contribution in [0.25, 0.3) is 0 Å². The molecule has 1 fully saturated rings. The molecule has 1 aromatic rings. The number of amides is 1. The number of aromatic nitrogens is 2. The van der Waals surface area contributed by atoms with Gasteiger partial charge in [-0.1, -0.05) is 19.3 Å². The smallest absolute Gasteiger partial charge is 0.322 e. The van der Waals surface area contributed by atoms with Crippen molar-refractivity contribution in [2.75, 3.05) is 6.54 Å². The van der Waals surface area contributed by atoms with Crippen LogP contribution in [0.1, 0.15) is 48.3 Å². The lowest BCUT2D eigenvalue weighted by Gasteiger charge is -2.29. The highest BCUT2D eigenvalue weighted by molar-refractivity contribution is 5.97. The predicted molar refractivity (Wildman–Crippen MR) is 81.5 cm³/mol. The van der Waals surface area contributed by atoms with Crippen LogP contribution in [-0.2, 0) is 7.05 Å². The lowest BCUT2D eigenvalue weighted by atomic mass is 9.84. The van der Waals surface area contributed by atoms with Crippen molar-refractivity contribution in [1.82, 2.24) is 15.1 Å². The summed E-state index contributed by atoms with van der Waals surface area (Å²) in [6.07, 6.45) is 5.57.